The van der Waals surface area contributed by atoms with Gasteiger partial charge < -0.3 is 10.6 Å². The van der Waals surface area contributed by atoms with Gasteiger partial charge in [0.2, 0.25) is 0 Å². The van der Waals surface area contributed by atoms with Gasteiger partial charge in [0.1, 0.15) is 5.82 Å². The molecule has 1 saturated heterocycles. The van der Waals surface area contributed by atoms with E-state index in [9.17, 15) is 4.39 Å². The average Bonchev–Trinajstić information content (AvgIpc) is 2.29. The van der Waals surface area contributed by atoms with Crippen LogP contribution in [0.25, 0.3) is 0 Å². The molecule has 1 fully saturated rings. The smallest absolute Gasteiger partial charge is 0.146 e. The van der Waals surface area contributed by atoms with Gasteiger partial charge >= 0.3 is 0 Å². The Kier molecular flexibility index (Phi) is 4.29. The zero-order chi connectivity index (χ0) is 12.3. The molecule has 1 aromatic rings. The number of rotatable bonds is 3. The van der Waals surface area contributed by atoms with Gasteiger partial charge in [0.15, 0.2) is 0 Å². The van der Waals surface area contributed by atoms with E-state index >= 15 is 0 Å². The SMILES string of the molecule is CC(N)Cc1cccc(F)c1N1CCSCC1. The number of hydrogen-bond acceptors (Lipinski definition) is 3. The molecule has 0 aromatic heterocycles. The van der Waals surface area contributed by atoms with E-state index in [0.29, 0.717) is 0 Å². The number of benzene rings is 1. The normalized spacial score (nSPS) is 18.2. The minimum absolute atomic E-state index is 0.0646. The number of hydrogen-bond donors (Lipinski definition) is 1. The Labute approximate surface area is 106 Å². The first-order valence-electron chi connectivity index (χ1n) is 6.04. The van der Waals surface area contributed by atoms with Crippen molar-refractivity contribution in [1.82, 2.24) is 0 Å². The summed E-state index contributed by atoms with van der Waals surface area (Å²) in [5, 5.41) is 0. The molecule has 0 saturated carbocycles. The second-order valence-corrected chi connectivity index (χ2v) is 5.75. The van der Waals surface area contributed by atoms with Gasteiger partial charge in [-0.1, -0.05) is 12.1 Å². The van der Waals surface area contributed by atoms with E-state index in [-0.39, 0.29) is 11.9 Å². The van der Waals surface area contributed by atoms with Crippen LogP contribution in [0.4, 0.5) is 10.1 Å². The Balaban J connectivity index is 2.28. The predicted molar refractivity (Wildman–Crippen MR) is 73.3 cm³/mol. The van der Waals surface area contributed by atoms with Crippen LogP contribution in [0.2, 0.25) is 0 Å². The first kappa shape index (κ1) is 12.7. The minimum atomic E-state index is -0.116. The van der Waals surface area contributed by atoms with Crippen molar-refractivity contribution in [1.29, 1.82) is 0 Å². The predicted octanol–water partition coefficient (Wildman–Crippen LogP) is 2.27. The number of thioether (sulfide) groups is 1. The van der Waals surface area contributed by atoms with E-state index in [1.165, 1.54) is 0 Å². The molecule has 1 aliphatic heterocycles. The van der Waals surface area contributed by atoms with Crippen molar-refractivity contribution in [2.75, 3.05) is 29.5 Å². The summed E-state index contributed by atoms with van der Waals surface area (Å²) in [7, 11) is 0. The van der Waals surface area contributed by atoms with E-state index in [4.69, 9.17) is 5.73 Å². The fourth-order valence-corrected chi connectivity index (χ4v) is 3.12. The number of nitrogens with two attached hydrogens (primary N) is 1. The molecule has 0 radical (unpaired) electrons. The summed E-state index contributed by atoms with van der Waals surface area (Å²) in [6.45, 7) is 3.82. The number of para-hydroxylation sites is 1. The molecule has 1 unspecified atom stereocenters. The lowest BCUT2D eigenvalue weighted by molar-refractivity contribution is 0.614. The fourth-order valence-electron chi connectivity index (χ4n) is 2.21. The third-order valence-corrected chi connectivity index (χ3v) is 3.88. The topological polar surface area (TPSA) is 29.3 Å². The average molecular weight is 254 g/mol. The van der Waals surface area contributed by atoms with Gasteiger partial charge in [0.25, 0.3) is 0 Å². The molecule has 2 N–H and O–H groups in total. The maximum absolute atomic E-state index is 14.0. The van der Waals surface area contributed by atoms with Gasteiger partial charge in [-0.3, -0.25) is 0 Å². The highest BCUT2D eigenvalue weighted by Gasteiger charge is 2.18. The molecule has 2 rings (SSSR count). The Hall–Kier alpha value is -0.740. The van der Waals surface area contributed by atoms with Gasteiger partial charge in [-0.25, -0.2) is 4.39 Å². The maximum atomic E-state index is 14.0. The van der Waals surface area contributed by atoms with Gasteiger partial charge in [-0.15, -0.1) is 0 Å². The Bertz CT molecular complexity index is 376. The largest absolute Gasteiger partial charge is 0.367 e. The molecular formula is C13H19FN2S. The number of nitrogens with zero attached hydrogens (tertiary/aromatic N) is 1. The lowest BCUT2D eigenvalue weighted by Gasteiger charge is -2.31. The third-order valence-electron chi connectivity index (χ3n) is 2.94. The van der Waals surface area contributed by atoms with Gasteiger partial charge in [0.05, 0.1) is 5.69 Å². The first-order chi connectivity index (χ1) is 8.18. The van der Waals surface area contributed by atoms with E-state index in [2.05, 4.69) is 4.90 Å². The van der Waals surface area contributed by atoms with Crippen molar-refractivity contribution in [3.63, 3.8) is 0 Å². The molecular weight excluding hydrogens is 235 g/mol. The molecule has 0 aliphatic carbocycles. The van der Waals surface area contributed by atoms with Crippen LogP contribution in [0.15, 0.2) is 18.2 Å². The van der Waals surface area contributed by atoms with Crippen molar-refractivity contribution >= 4 is 17.4 Å². The molecule has 1 aromatic carbocycles. The van der Waals surface area contributed by atoms with E-state index in [0.717, 1.165) is 42.3 Å². The van der Waals surface area contributed by atoms with Crippen LogP contribution in [0.3, 0.4) is 0 Å². The molecule has 94 valence electrons. The summed E-state index contributed by atoms with van der Waals surface area (Å²) in [6, 6.07) is 5.37. The van der Waals surface area contributed by atoms with E-state index in [1.54, 1.807) is 12.1 Å². The summed E-state index contributed by atoms with van der Waals surface area (Å²) in [5.74, 6) is 2.04. The van der Waals surface area contributed by atoms with Crippen LogP contribution in [0.1, 0.15) is 12.5 Å². The lowest BCUT2D eigenvalue weighted by atomic mass is 10.0. The van der Waals surface area contributed by atoms with E-state index < -0.39 is 0 Å². The summed E-state index contributed by atoms with van der Waals surface area (Å²) < 4.78 is 14.0. The Morgan fingerprint density at radius 1 is 1.41 bits per heavy atom. The van der Waals surface area contributed by atoms with Gasteiger partial charge in [0, 0.05) is 30.6 Å². The summed E-state index contributed by atoms with van der Waals surface area (Å²) >= 11 is 1.93. The molecule has 0 bridgehead atoms. The highest BCUT2D eigenvalue weighted by Crippen LogP contribution is 2.27. The highest BCUT2D eigenvalue weighted by molar-refractivity contribution is 7.99. The molecule has 1 atom stereocenters. The zero-order valence-corrected chi connectivity index (χ0v) is 11.0. The minimum Gasteiger partial charge on any atom is -0.367 e. The molecule has 4 heteroatoms. The standard InChI is InChI=1S/C13H19FN2S/c1-10(15)9-11-3-2-4-12(14)13(11)16-5-7-17-8-6-16/h2-4,10H,5-9,15H2,1H3. The molecule has 0 amide bonds. The Morgan fingerprint density at radius 2 is 2.12 bits per heavy atom. The monoisotopic (exact) mass is 254 g/mol. The van der Waals surface area contributed by atoms with Crippen LogP contribution in [0.5, 0.6) is 0 Å². The van der Waals surface area contributed by atoms with Gasteiger partial charge in [-0.05, 0) is 25.0 Å². The van der Waals surface area contributed by atoms with Crippen molar-refractivity contribution < 1.29 is 4.39 Å². The van der Waals surface area contributed by atoms with E-state index in [1.807, 2.05) is 24.8 Å². The van der Waals surface area contributed by atoms with Crippen LogP contribution in [-0.4, -0.2) is 30.6 Å². The third kappa shape index (κ3) is 3.13. The van der Waals surface area contributed by atoms with Crippen LogP contribution < -0.4 is 10.6 Å². The van der Waals surface area contributed by atoms with Crippen molar-refractivity contribution in [2.24, 2.45) is 5.73 Å². The summed E-state index contributed by atoms with van der Waals surface area (Å²) in [4.78, 5) is 2.16. The molecule has 1 aliphatic rings. The zero-order valence-electron chi connectivity index (χ0n) is 10.2. The molecule has 1 heterocycles. The highest BCUT2D eigenvalue weighted by atomic mass is 32.2. The fraction of sp³-hybridized carbons (Fsp3) is 0.538. The number of anilines is 1. The summed E-state index contributed by atoms with van der Waals surface area (Å²) in [6.07, 6.45) is 0.733. The molecule has 17 heavy (non-hydrogen) atoms. The second kappa shape index (κ2) is 5.74. The van der Waals surface area contributed by atoms with Gasteiger partial charge in [-0.2, -0.15) is 11.8 Å². The van der Waals surface area contributed by atoms with Crippen molar-refractivity contribution in [2.45, 2.75) is 19.4 Å². The van der Waals surface area contributed by atoms with Crippen molar-refractivity contribution in [3.8, 4) is 0 Å². The lowest BCUT2D eigenvalue weighted by Crippen LogP contribution is -2.34. The van der Waals surface area contributed by atoms with Crippen LogP contribution >= 0.6 is 11.8 Å². The first-order valence-corrected chi connectivity index (χ1v) is 7.19. The summed E-state index contributed by atoms with van der Waals surface area (Å²) in [5.41, 5.74) is 7.63. The molecule has 0 spiro atoms. The van der Waals surface area contributed by atoms with Crippen LogP contribution in [0, 0.1) is 5.82 Å². The maximum Gasteiger partial charge on any atom is 0.146 e. The quantitative estimate of drug-likeness (QED) is 0.897. The number of halogens is 1. The Morgan fingerprint density at radius 3 is 2.76 bits per heavy atom. The van der Waals surface area contributed by atoms with Crippen molar-refractivity contribution in [3.05, 3.63) is 29.6 Å². The van der Waals surface area contributed by atoms with Crippen LogP contribution in [-0.2, 0) is 6.42 Å². The second-order valence-electron chi connectivity index (χ2n) is 4.53. The molecule has 2 nitrogen and oxygen atoms in total.